The molecule has 0 aliphatic heterocycles. The summed E-state index contributed by atoms with van der Waals surface area (Å²) in [5.41, 5.74) is 2.31. The van der Waals surface area contributed by atoms with Gasteiger partial charge in [-0.05, 0) is 56.3 Å². The fourth-order valence-electron chi connectivity index (χ4n) is 2.18. The molecule has 0 saturated carbocycles. The second-order valence-corrected chi connectivity index (χ2v) is 6.74. The van der Waals surface area contributed by atoms with Gasteiger partial charge in [0.2, 0.25) is 0 Å². The maximum atomic E-state index is 6.10. The molecular weight excluding hydrogens is 394 g/mol. The number of nitrogens with one attached hydrogen (secondary N) is 1. The van der Waals surface area contributed by atoms with Crippen LogP contribution in [0.5, 0.6) is 11.5 Å². The molecule has 0 fully saturated rings. The molecule has 0 radical (unpaired) electrons. The Kier molecular flexibility index (Phi) is 5.85. The van der Waals surface area contributed by atoms with E-state index in [0.29, 0.717) is 0 Å². The van der Waals surface area contributed by atoms with Crippen molar-refractivity contribution in [3.63, 3.8) is 0 Å². The minimum absolute atomic E-state index is 0.245. The molecule has 1 atom stereocenters. The van der Waals surface area contributed by atoms with Gasteiger partial charge in [0.25, 0.3) is 0 Å². The molecule has 4 heteroatoms. The average molecular weight is 413 g/mol. The van der Waals surface area contributed by atoms with E-state index in [-0.39, 0.29) is 6.04 Å². The first-order chi connectivity index (χ1) is 10.0. The van der Waals surface area contributed by atoms with Gasteiger partial charge >= 0.3 is 0 Å². The molecule has 2 rings (SSSR count). The largest absolute Gasteiger partial charge is 0.457 e. The molecule has 2 aromatic carbocycles. The zero-order valence-corrected chi connectivity index (χ0v) is 15.6. The Morgan fingerprint density at radius 2 is 1.90 bits per heavy atom. The van der Waals surface area contributed by atoms with E-state index in [2.05, 4.69) is 64.0 Å². The minimum Gasteiger partial charge on any atom is -0.457 e. The highest BCUT2D eigenvalue weighted by Crippen LogP contribution is 2.33. The van der Waals surface area contributed by atoms with E-state index in [1.165, 1.54) is 0 Å². The van der Waals surface area contributed by atoms with Gasteiger partial charge in [-0.15, -0.1) is 0 Å². The molecule has 0 aliphatic carbocycles. The molecular formula is C17H19Br2NO. The summed E-state index contributed by atoms with van der Waals surface area (Å²) in [7, 11) is 0. The Hall–Kier alpha value is -0.840. The van der Waals surface area contributed by atoms with Crippen LogP contribution in [0.2, 0.25) is 0 Å². The maximum Gasteiger partial charge on any atom is 0.133 e. The lowest BCUT2D eigenvalue weighted by molar-refractivity contribution is 0.462. The van der Waals surface area contributed by atoms with Crippen LogP contribution >= 0.6 is 31.9 Å². The molecule has 21 heavy (non-hydrogen) atoms. The zero-order chi connectivity index (χ0) is 15.4. The second-order valence-electron chi connectivity index (χ2n) is 4.97. The number of benzene rings is 2. The SMILES string of the molecule is CCNC(C)c1ccc(Br)cc1Oc1ccc(Br)c(C)c1. The Morgan fingerprint density at radius 3 is 2.57 bits per heavy atom. The lowest BCUT2D eigenvalue weighted by atomic mass is 10.1. The van der Waals surface area contributed by atoms with E-state index in [1.54, 1.807) is 0 Å². The van der Waals surface area contributed by atoms with Crippen molar-refractivity contribution in [1.82, 2.24) is 5.32 Å². The Morgan fingerprint density at radius 1 is 1.14 bits per heavy atom. The van der Waals surface area contributed by atoms with Crippen molar-refractivity contribution < 1.29 is 4.74 Å². The summed E-state index contributed by atoms with van der Waals surface area (Å²) in [6, 6.07) is 12.4. The molecule has 2 nitrogen and oxygen atoms in total. The van der Waals surface area contributed by atoms with Gasteiger partial charge in [-0.2, -0.15) is 0 Å². The first-order valence-electron chi connectivity index (χ1n) is 6.98. The van der Waals surface area contributed by atoms with Crippen molar-refractivity contribution in [3.05, 3.63) is 56.5 Å². The first kappa shape index (κ1) is 16.5. The van der Waals surface area contributed by atoms with E-state index in [0.717, 1.165) is 38.1 Å². The molecule has 0 saturated heterocycles. The van der Waals surface area contributed by atoms with Crippen LogP contribution in [-0.2, 0) is 0 Å². The smallest absolute Gasteiger partial charge is 0.133 e. The Bertz CT molecular complexity index is 628. The Labute approximate surface area is 143 Å². The minimum atomic E-state index is 0.245. The van der Waals surface area contributed by atoms with E-state index >= 15 is 0 Å². The van der Waals surface area contributed by atoms with E-state index < -0.39 is 0 Å². The third-order valence-corrected chi connectivity index (χ3v) is 4.69. The molecule has 1 N–H and O–H groups in total. The number of aryl methyl sites for hydroxylation is 1. The van der Waals surface area contributed by atoms with Crippen LogP contribution < -0.4 is 10.1 Å². The number of rotatable bonds is 5. The summed E-state index contributed by atoms with van der Waals surface area (Å²) in [6.45, 7) is 7.23. The van der Waals surface area contributed by atoms with Gasteiger partial charge in [0.05, 0.1) is 0 Å². The van der Waals surface area contributed by atoms with Gasteiger partial charge in [-0.25, -0.2) is 0 Å². The highest BCUT2D eigenvalue weighted by Gasteiger charge is 2.12. The summed E-state index contributed by atoms with van der Waals surface area (Å²) in [5.74, 6) is 1.72. The topological polar surface area (TPSA) is 21.3 Å². The van der Waals surface area contributed by atoms with Crippen LogP contribution in [0.4, 0.5) is 0 Å². The maximum absolute atomic E-state index is 6.10. The molecule has 0 bridgehead atoms. The number of halogens is 2. The molecule has 0 heterocycles. The van der Waals surface area contributed by atoms with Gasteiger partial charge in [0, 0.05) is 20.6 Å². The second kappa shape index (κ2) is 7.43. The standard InChI is InChI=1S/C17H19Br2NO/c1-4-20-12(3)15-7-5-13(18)10-17(15)21-14-6-8-16(19)11(2)9-14/h5-10,12,20H,4H2,1-3H3. The fraction of sp³-hybridized carbons (Fsp3) is 0.294. The number of hydrogen-bond donors (Lipinski definition) is 1. The third kappa shape index (κ3) is 4.31. The zero-order valence-electron chi connectivity index (χ0n) is 12.4. The third-order valence-electron chi connectivity index (χ3n) is 3.31. The molecule has 0 aliphatic rings. The lowest BCUT2D eigenvalue weighted by Gasteiger charge is -2.18. The van der Waals surface area contributed by atoms with Crippen molar-refractivity contribution in [2.24, 2.45) is 0 Å². The quantitative estimate of drug-likeness (QED) is 0.651. The molecule has 1 unspecified atom stereocenters. The van der Waals surface area contributed by atoms with Crippen molar-refractivity contribution in [2.45, 2.75) is 26.8 Å². The predicted molar refractivity (Wildman–Crippen MR) is 95.2 cm³/mol. The van der Waals surface area contributed by atoms with E-state index in [9.17, 15) is 0 Å². The van der Waals surface area contributed by atoms with Crippen LogP contribution in [0.1, 0.15) is 31.0 Å². The van der Waals surface area contributed by atoms with Gasteiger partial charge < -0.3 is 10.1 Å². The molecule has 112 valence electrons. The van der Waals surface area contributed by atoms with Gasteiger partial charge in [-0.3, -0.25) is 0 Å². The van der Waals surface area contributed by atoms with Crippen molar-refractivity contribution in [2.75, 3.05) is 6.54 Å². The van der Waals surface area contributed by atoms with Crippen molar-refractivity contribution >= 4 is 31.9 Å². The highest BCUT2D eigenvalue weighted by molar-refractivity contribution is 9.10. The molecule has 0 aromatic heterocycles. The molecule has 0 spiro atoms. The first-order valence-corrected chi connectivity index (χ1v) is 8.56. The summed E-state index contributed by atoms with van der Waals surface area (Å²) in [6.07, 6.45) is 0. The highest BCUT2D eigenvalue weighted by atomic mass is 79.9. The van der Waals surface area contributed by atoms with Crippen LogP contribution in [0.15, 0.2) is 45.3 Å². The van der Waals surface area contributed by atoms with Crippen LogP contribution in [0, 0.1) is 6.92 Å². The fourth-order valence-corrected chi connectivity index (χ4v) is 2.76. The monoisotopic (exact) mass is 411 g/mol. The Balaban J connectivity index is 2.33. The number of ether oxygens (including phenoxy) is 1. The van der Waals surface area contributed by atoms with Crippen LogP contribution in [-0.4, -0.2) is 6.54 Å². The van der Waals surface area contributed by atoms with Crippen LogP contribution in [0.3, 0.4) is 0 Å². The average Bonchev–Trinajstić information content (AvgIpc) is 2.43. The normalized spacial score (nSPS) is 12.2. The molecule has 0 amide bonds. The van der Waals surface area contributed by atoms with Crippen molar-refractivity contribution in [1.29, 1.82) is 0 Å². The van der Waals surface area contributed by atoms with Crippen LogP contribution in [0.25, 0.3) is 0 Å². The van der Waals surface area contributed by atoms with Gasteiger partial charge in [0.15, 0.2) is 0 Å². The predicted octanol–water partition coefficient (Wildman–Crippen LogP) is 5.98. The van der Waals surface area contributed by atoms with Gasteiger partial charge in [-0.1, -0.05) is 44.8 Å². The summed E-state index contributed by atoms with van der Waals surface area (Å²) < 4.78 is 8.20. The summed E-state index contributed by atoms with van der Waals surface area (Å²) in [5, 5.41) is 3.43. The van der Waals surface area contributed by atoms with E-state index in [4.69, 9.17) is 4.74 Å². The van der Waals surface area contributed by atoms with Crippen molar-refractivity contribution in [3.8, 4) is 11.5 Å². The summed E-state index contributed by atoms with van der Waals surface area (Å²) in [4.78, 5) is 0. The number of hydrogen-bond acceptors (Lipinski definition) is 2. The lowest BCUT2D eigenvalue weighted by Crippen LogP contribution is -2.18. The molecule has 2 aromatic rings. The summed E-state index contributed by atoms with van der Waals surface area (Å²) >= 11 is 7.03. The van der Waals surface area contributed by atoms with Gasteiger partial charge in [0.1, 0.15) is 11.5 Å². The van der Waals surface area contributed by atoms with E-state index in [1.807, 2.05) is 30.3 Å².